The predicted octanol–water partition coefficient (Wildman–Crippen LogP) is 3.84. The number of likely N-dealkylation sites (tertiary alicyclic amines) is 1. The second-order valence-corrected chi connectivity index (χ2v) is 16.5. The van der Waals surface area contributed by atoms with Crippen molar-refractivity contribution in [3.8, 4) is 17.5 Å². The number of halogens is 1. The molecule has 0 bridgehead atoms. The summed E-state index contributed by atoms with van der Waals surface area (Å²) in [7, 11) is -0.904. The van der Waals surface area contributed by atoms with Gasteiger partial charge in [-0.25, -0.2) is 18.4 Å². The molecule has 1 aromatic carbocycles. The molecule has 3 aromatic rings. The lowest BCUT2D eigenvalue weighted by Gasteiger charge is -2.36. The van der Waals surface area contributed by atoms with E-state index in [9.17, 15) is 22.8 Å². The van der Waals surface area contributed by atoms with E-state index < -0.39 is 68.1 Å². The fourth-order valence-corrected chi connectivity index (χ4v) is 8.02. The van der Waals surface area contributed by atoms with Crippen LogP contribution in [-0.4, -0.2) is 90.7 Å². The molecule has 2 saturated carbocycles. The van der Waals surface area contributed by atoms with Crippen LogP contribution in [0.5, 0.6) is 17.5 Å². The Labute approximate surface area is 309 Å². The number of anilines is 1. The zero-order chi connectivity index (χ0) is 38.3. The molecule has 1 saturated heterocycles. The Kier molecular flexibility index (Phi) is 9.67. The van der Waals surface area contributed by atoms with Gasteiger partial charge >= 0.3 is 0 Å². The summed E-state index contributed by atoms with van der Waals surface area (Å²) in [5, 5.41) is 7.05. The van der Waals surface area contributed by atoms with E-state index in [2.05, 4.69) is 31.9 Å². The van der Waals surface area contributed by atoms with Crippen LogP contribution in [0.1, 0.15) is 47.8 Å². The molecule has 278 valence electrons. The van der Waals surface area contributed by atoms with Crippen molar-refractivity contribution in [3.63, 3.8) is 0 Å². The summed E-state index contributed by atoms with van der Waals surface area (Å²) in [5.41, 5.74) is -2.01. The summed E-state index contributed by atoms with van der Waals surface area (Å²) in [6.07, 6.45) is 4.80. The number of benzene rings is 1. The molecule has 3 heterocycles. The Bertz CT molecular complexity index is 2030. The molecule has 3 fully saturated rings. The molecule has 5 atom stereocenters. The van der Waals surface area contributed by atoms with E-state index >= 15 is 0 Å². The predicted molar refractivity (Wildman–Crippen MR) is 195 cm³/mol. The largest absolute Gasteiger partial charge is 0.494 e. The van der Waals surface area contributed by atoms with E-state index in [1.807, 2.05) is 0 Å². The highest BCUT2D eigenvalue weighted by Crippen LogP contribution is 2.46. The lowest BCUT2D eigenvalue weighted by molar-refractivity contribution is -0.141. The summed E-state index contributed by atoms with van der Waals surface area (Å²) in [5.74, 6) is -1.46. The maximum atomic E-state index is 14.7. The third kappa shape index (κ3) is 7.47. The van der Waals surface area contributed by atoms with Gasteiger partial charge in [0.25, 0.3) is 5.91 Å². The standard InChI is InChI=1S/C36H43ClN6O8S/c1-7-20-16-36(20,34(46)42-52(47,48)24-10-11-24)41-31(44)27-15-23(51-32-26-14-21(37)8-12-25(26)28(49-5)18-39-32)19-43(27)33(45)30(35(2,3)4)40-22-9-13-29(50-6)38-17-22/h7-9,12-14,17-18,20,23-24,27,30,40H,1,10-11,15-16,19H2,2-6H3,(H,41,44)(H,42,46)/t20-,23-,27+,30-,36-/m1/s1/i2D. The molecule has 14 nitrogen and oxygen atoms in total. The molecule has 3 N–H and O–H groups in total. The molecule has 2 aliphatic carbocycles. The van der Waals surface area contributed by atoms with Gasteiger partial charge in [-0.3, -0.25) is 19.1 Å². The number of carbonyl (C=O) groups excluding carboxylic acids is 3. The van der Waals surface area contributed by atoms with E-state index in [1.165, 1.54) is 37.6 Å². The maximum Gasteiger partial charge on any atom is 0.259 e. The van der Waals surface area contributed by atoms with Crippen molar-refractivity contribution in [3.05, 3.63) is 60.4 Å². The van der Waals surface area contributed by atoms with Crippen LogP contribution in [0.4, 0.5) is 5.69 Å². The van der Waals surface area contributed by atoms with Crippen molar-refractivity contribution in [1.29, 1.82) is 0 Å². The average molecular weight is 756 g/mol. The van der Waals surface area contributed by atoms with Crippen LogP contribution in [0.15, 0.2) is 55.4 Å². The highest BCUT2D eigenvalue weighted by atomic mass is 35.5. The average Bonchev–Trinajstić information content (AvgIpc) is 4.07. The molecule has 16 heteroatoms. The first kappa shape index (κ1) is 35.8. The van der Waals surface area contributed by atoms with Gasteiger partial charge in [0, 0.05) is 35.6 Å². The zero-order valence-electron chi connectivity index (χ0n) is 30.3. The molecule has 0 radical (unpaired) electrons. The van der Waals surface area contributed by atoms with E-state index in [1.54, 1.807) is 44.2 Å². The van der Waals surface area contributed by atoms with E-state index in [0.717, 1.165) is 0 Å². The van der Waals surface area contributed by atoms with Gasteiger partial charge in [0.1, 0.15) is 29.5 Å². The van der Waals surface area contributed by atoms with Crippen molar-refractivity contribution in [1.82, 2.24) is 24.9 Å². The highest BCUT2D eigenvalue weighted by Gasteiger charge is 2.62. The number of pyridine rings is 2. The number of nitrogens with one attached hydrogen (secondary N) is 3. The number of ether oxygens (including phenoxy) is 3. The lowest BCUT2D eigenvalue weighted by atomic mass is 9.85. The Hall–Kier alpha value is -4.63. The summed E-state index contributed by atoms with van der Waals surface area (Å²) in [4.78, 5) is 52.6. The first-order valence-corrected chi connectivity index (χ1v) is 18.7. The van der Waals surface area contributed by atoms with Crippen LogP contribution in [0.25, 0.3) is 10.8 Å². The number of fused-ring (bicyclic) bond motifs is 1. The second-order valence-electron chi connectivity index (χ2n) is 14.1. The Morgan fingerprint density at radius 3 is 2.52 bits per heavy atom. The fourth-order valence-electron chi connectivity index (χ4n) is 6.48. The van der Waals surface area contributed by atoms with Crippen molar-refractivity contribution in [2.45, 2.75) is 75.4 Å². The van der Waals surface area contributed by atoms with Gasteiger partial charge in [0.15, 0.2) is 0 Å². The van der Waals surface area contributed by atoms with Gasteiger partial charge in [-0.1, -0.05) is 38.4 Å². The number of sulfonamides is 1. The van der Waals surface area contributed by atoms with Crippen LogP contribution in [0, 0.1) is 11.3 Å². The van der Waals surface area contributed by atoms with Crippen LogP contribution < -0.4 is 29.6 Å². The van der Waals surface area contributed by atoms with Gasteiger partial charge in [0.05, 0.1) is 44.1 Å². The third-order valence-electron chi connectivity index (χ3n) is 9.66. The number of carbonyl (C=O) groups is 3. The highest BCUT2D eigenvalue weighted by molar-refractivity contribution is 7.91. The molecule has 0 unspecified atom stereocenters. The number of rotatable bonds is 13. The van der Waals surface area contributed by atoms with Gasteiger partial charge in [0.2, 0.25) is 33.6 Å². The molecule has 2 aromatic heterocycles. The summed E-state index contributed by atoms with van der Waals surface area (Å²) in [6, 6.07) is 6.33. The van der Waals surface area contributed by atoms with Crippen molar-refractivity contribution < 1.29 is 38.4 Å². The zero-order valence-corrected chi connectivity index (χ0v) is 30.9. The number of amides is 3. The molecule has 6 rings (SSSR count). The Morgan fingerprint density at radius 1 is 1.13 bits per heavy atom. The Balaban J connectivity index is 1.33. The third-order valence-corrected chi connectivity index (χ3v) is 11.7. The van der Waals surface area contributed by atoms with Crippen LogP contribution >= 0.6 is 11.6 Å². The molecule has 3 amide bonds. The van der Waals surface area contributed by atoms with E-state index in [0.29, 0.717) is 46.0 Å². The van der Waals surface area contributed by atoms with E-state index in [-0.39, 0.29) is 32.2 Å². The minimum atomic E-state index is -3.91. The first-order chi connectivity index (χ1) is 25.2. The summed E-state index contributed by atoms with van der Waals surface area (Å²) in [6.45, 7) is 7.10. The van der Waals surface area contributed by atoms with Crippen LogP contribution in [-0.2, 0) is 24.4 Å². The Morgan fingerprint density at radius 2 is 1.90 bits per heavy atom. The molecular weight excluding hydrogens is 712 g/mol. The number of aromatic nitrogens is 2. The molecule has 0 spiro atoms. The fraction of sp³-hybridized carbons (Fsp3) is 0.472. The minimum Gasteiger partial charge on any atom is -0.494 e. The van der Waals surface area contributed by atoms with E-state index in [4.69, 9.17) is 27.2 Å². The van der Waals surface area contributed by atoms with Crippen molar-refractivity contribution in [2.75, 3.05) is 26.1 Å². The second kappa shape index (κ2) is 14.1. The summed E-state index contributed by atoms with van der Waals surface area (Å²) >= 11 is 6.34. The van der Waals surface area contributed by atoms with Gasteiger partial charge in [-0.2, -0.15) is 0 Å². The van der Waals surface area contributed by atoms with Gasteiger partial charge < -0.3 is 29.7 Å². The van der Waals surface area contributed by atoms with Crippen LogP contribution in [0.2, 0.25) is 5.02 Å². The number of methoxy groups -OCH3 is 2. The normalized spacial score (nSPS) is 23.6. The monoisotopic (exact) mass is 755 g/mol. The van der Waals surface area contributed by atoms with Crippen molar-refractivity contribution >= 4 is 55.8 Å². The summed E-state index contributed by atoms with van der Waals surface area (Å²) < 4.78 is 53.0. The molecule has 1 aliphatic heterocycles. The smallest absolute Gasteiger partial charge is 0.259 e. The quantitative estimate of drug-likeness (QED) is 0.216. The minimum absolute atomic E-state index is 0.00227. The lowest BCUT2D eigenvalue weighted by Crippen LogP contribution is -2.58. The molecule has 3 aliphatic rings. The van der Waals surface area contributed by atoms with Gasteiger partial charge in [-0.15, -0.1) is 6.58 Å². The number of nitrogens with zero attached hydrogens (tertiary/aromatic N) is 3. The van der Waals surface area contributed by atoms with Crippen molar-refractivity contribution in [2.24, 2.45) is 11.3 Å². The first-order valence-electron chi connectivity index (χ1n) is 17.5. The topological polar surface area (TPSA) is 178 Å². The number of hydrogen-bond donors (Lipinski definition) is 3. The molecular formula is C36H43ClN6O8S. The molecule has 52 heavy (non-hydrogen) atoms. The number of hydrogen-bond acceptors (Lipinski definition) is 11. The van der Waals surface area contributed by atoms with Crippen LogP contribution in [0.3, 0.4) is 0 Å². The SMILES string of the molecule is [2H]CC(C)(C)[C@H](Nc1ccc(OC)nc1)C(=O)N1C[C@H](Oc2ncc(OC)c3ccc(Cl)cc23)C[C@H]1C(=O)N[C@]1(C(=O)NS(=O)(=O)C2CC2)C[C@H]1C=C. The maximum absolute atomic E-state index is 14.7. The van der Waals surface area contributed by atoms with Gasteiger partial charge in [-0.05, 0) is 48.9 Å².